The van der Waals surface area contributed by atoms with Crippen LogP contribution in [0, 0.1) is 0 Å². The van der Waals surface area contributed by atoms with E-state index in [1.807, 2.05) is 0 Å². The van der Waals surface area contributed by atoms with E-state index in [1.54, 1.807) is 38.6 Å². The molecule has 2 amide bonds. The van der Waals surface area contributed by atoms with Crippen LogP contribution in [0.2, 0.25) is 0 Å². The molecule has 0 spiro atoms. The van der Waals surface area contributed by atoms with Gasteiger partial charge in [-0.3, -0.25) is 9.69 Å². The van der Waals surface area contributed by atoms with E-state index >= 15 is 0 Å². The maximum atomic E-state index is 11.9. The molecule has 1 heterocycles. The number of thioether (sulfide) groups is 1. The molecule has 0 radical (unpaired) electrons. The van der Waals surface area contributed by atoms with Crippen molar-refractivity contribution in [3.05, 3.63) is 12.7 Å². The summed E-state index contributed by atoms with van der Waals surface area (Å²) in [4.78, 5) is 25.3. The average Bonchev–Trinajstić information content (AvgIpc) is 2.72. The first-order chi connectivity index (χ1) is 8.35. The third-order valence-electron chi connectivity index (χ3n) is 2.23. The van der Waals surface area contributed by atoms with E-state index in [0.717, 1.165) is 0 Å². The van der Waals surface area contributed by atoms with Crippen molar-refractivity contribution in [2.45, 2.75) is 32.4 Å². The molecule has 18 heavy (non-hydrogen) atoms. The SMILES string of the molecule is C=CCNC(=O)[C@H]1CSCN1C(=O)OC(C)(C)C. The summed E-state index contributed by atoms with van der Waals surface area (Å²) in [5.74, 6) is 0.925. The monoisotopic (exact) mass is 272 g/mol. The van der Waals surface area contributed by atoms with Crippen LogP contribution in [0.5, 0.6) is 0 Å². The molecule has 0 bridgehead atoms. The zero-order valence-corrected chi connectivity index (χ0v) is 11.9. The van der Waals surface area contributed by atoms with E-state index in [-0.39, 0.29) is 5.91 Å². The predicted molar refractivity (Wildman–Crippen MR) is 72.4 cm³/mol. The Morgan fingerprint density at radius 2 is 2.22 bits per heavy atom. The number of hydrogen-bond acceptors (Lipinski definition) is 4. The lowest BCUT2D eigenvalue weighted by molar-refractivity contribution is -0.124. The van der Waals surface area contributed by atoms with Crippen molar-refractivity contribution < 1.29 is 14.3 Å². The standard InChI is InChI=1S/C12H20N2O3S/c1-5-6-13-10(15)9-7-18-8-14(9)11(16)17-12(2,3)4/h5,9H,1,6-8H2,2-4H3,(H,13,15)/t9-/m1/s1. The van der Waals surface area contributed by atoms with Gasteiger partial charge in [0.05, 0.1) is 5.88 Å². The molecular weight excluding hydrogens is 252 g/mol. The Kier molecular flexibility index (Phi) is 5.07. The smallest absolute Gasteiger partial charge is 0.411 e. The van der Waals surface area contributed by atoms with Crippen molar-refractivity contribution >= 4 is 23.8 Å². The van der Waals surface area contributed by atoms with Gasteiger partial charge in [-0.25, -0.2) is 4.79 Å². The minimum atomic E-state index is -0.549. The predicted octanol–water partition coefficient (Wildman–Crippen LogP) is 1.60. The zero-order valence-electron chi connectivity index (χ0n) is 11.1. The van der Waals surface area contributed by atoms with Gasteiger partial charge < -0.3 is 10.1 Å². The van der Waals surface area contributed by atoms with Crippen molar-refractivity contribution in [1.29, 1.82) is 0 Å². The van der Waals surface area contributed by atoms with Crippen LogP contribution in [0.15, 0.2) is 12.7 Å². The first-order valence-electron chi connectivity index (χ1n) is 5.81. The molecule has 0 aromatic rings. The number of ether oxygens (including phenoxy) is 1. The topological polar surface area (TPSA) is 58.6 Å². The number of hydrogen-bond donors (Lipinski definition) is 1. The Balaban J connectivity index is 2.61. The van der Waals surface area contributed by atoms with E-state index < -0.39 is 17.7 Å². The molecule has 1 saturated heterocycles. The van der Waals surface area contributed by atoms with Crippen LogP contribution >= 0.6 is 11.8 Å². The highest BCUT2D eigenvalue weighted by Crippen LogP contribution is 2.23. The van der Waals surface area contributed by atoms with Gasteiger partial charge in [0, 0.05) is 12.3 Å². The van der Waals surface area contributed by atoms with Gasteiger partial charge in [-0.2, -0.15) is 0 Å². The molecule has 0 saturated carbocycles. The summed E-state index contributed by atoms with van der Waals surface area (Å²) in [6.07, 6.45) is 1.17. The molecule has 1 aliphatic rings. The van der Waals surface area contributed by atoms with E-state index in [2.05, 4.69) is 11.9 Å². The second-order valence-electron chi connectivity index (χ2n) is 5.00. The molecule has 0 aromatic carbocycles. The van der Waals surface area contributed by atoms with Crippen molar-refractivity contribution in [3.8, 4) is 0 Å². The second-order valence-corrected chi connectivity index (χ2v) is 6.00. The van der Waals surface area contributed by atoms with Crippen molar-refractivity contribution in [2.24, 2.45) is 0 Å². The third kappa shape index (κ3) is 4.25. The number of carbonyl (C=O) groups excluding carboxylic acids is 2. The lowest BCUT2D eigenvalue weighted by Gasteiger charge is -2.27. The zero-order chi connectivity index (χ0) is 13.8. The summed E-state index contributed by atoms with van der Waals surface area (Å²) in [7, 11) is 0. The fraction of sp³-hybridized carbons (Fsp3) is 0.667. The Bertz CT molecular complexity index is 339. The normalized spacial score (nSPS) is 19.5. The van der Waals surface area contributed by atoms with Crippen LogP contribution in [0.4, 0.5) is 4.79 Å². The maximum Gasteiger partial charge on any atom is 0.411 e. The third-order valence-corrected chi connectivity index (χ3v) is 3.25. The van der Waals surface area contributed by atoms with E-state index in [4.69, 9.17) is 4.74 Å². The number of rotatable bonds is 3. The summed E-state index contributed by atoms with van der Waals surface area (Å²) < 4.78 is 5.28. The van der Waals surface area contributed by atoms with Gasteiger partial charge >= 0.3 is 6.09 Å². The van der Waals surface area contributed by atoms with E-state index in [1.165, 1.54) is 4.90 Å². The van der Waals surface area contributed by atoms with Gasteiger partial charge in [-0.15, -0.1) is 18.3 Å². The minimum absolute atomic E-state index is 0.161. The van der Waals surface area contributed by atoms with E-state index in [0.29, 0.717) is 18.2 Å². The summed E-state index contributed by atoms with van der Waals surface area (Å²) in [5, 5.41) is 2.70. The van der Waals surface area contributed by atoms with Crippen molar-refractivity contribution in [3.63, 3.8) is 0 Å². The van der Waals surface area contributed by atoms with Gasteiger partial charge in [-0.1, -0.05) is 6.08 Å². The Hall–Kier alpha value is -1.17. The first kappa shape index (κ1) is 14.9. The largest absolute Gasteiger partial charge is 0.444 e. The van der Waals surface area contributed by atoms with Crippen LogP contribution < -0.4 is 5.32 Å². The summed E-state index contributed by atoms with van der Waals surface area (Å²) in [6, 6.07) is -0.454. The minimum Gasteiger partial charge on any atom is -0.444 e. The highest BCUT2D eigenvalue weighted by atomic mass is 32.2. The lowest BCUT2D eigenvalue weighted by Crippen LogP contribution is -2.48. The number of amides is 2. The highest BCUT2D eigenvalue weighted by molar-refractivity contribution is 7.99. The molecule has 1 rings (SSSR count). The Labute approximate surface area is 112 Å². The van der Waals surface area contributed by atoms with Gasteiger partial charge in [-0.05, 0) is 20.8 Å². The molecule has 1 fully saturated rings. The molecule has 102 valence electrons. The Morgan fingerprint density at radius 3 is 2.78 bits per heavy atom. The molecule has 1 N–H and O–H groups in total. The summed E-state index contributed by atoms with van der Waals surface area (Å²) in [6.45, 7) is 9.36. The summed E-state index contributed by atoms with van der Waals surface area (Å²) >= 11 is 1.54. The molecule has 0 unspecified atom stereocenters. The number of nitrogens with zero attached hydrogens (tertiary/aromatic N) is 1. The molecule has 6 heteroatoms. The molecule has 0 aliphatic carbocycles. The average molecular weight is 272 g/mol. The number of nitrogens with one attached hydrogen (secondary N) is 1. The lowest BCUT2D eigenvalue weighted by atomic mass is 10.2. The fourth-order valence-electron chi connectivity index (χ4n) is 1.45. The van der Waals surface area contributed by atoms with Gasteiger partial charge in [0.25, 0.3) is 0 Å². The van der Waals surface area contributed by atoms with Gasteiger partial charge in [0.2, 0.25) is 5.91 Å². The van der Waals surface area contributed by atoms with Crippen LogP contribution in [0.3, 0.4) is 0 Å². The van der Waals surface area contributed by atoms with Crippen LogP contribution in [0.25, 0.3) is 0 Å². The van der Waals surface area contributed by atoms with Crippen LogP contribution in [-0.2, 0) is 9.53 Å². The van der Waals surface area contributed by atoms with Crippen molar-refractivity contribution in [2.75, 3.05) is 18.2 Å². The number of carbonyl (C=O) groups is 2. The summed E-state index contributed by atoms with van der Waals surface area (Å²) in [5.41, 5.74) is -0.549. The fourth-order valence-corrected chi connectivity index (χ4v) is 2.59. The maximum absolute atomic E-state index is 11.9. The van der Waals surface area contributed by atoms with E-state index in [9.17, 15) is 9.59 Å². The first-order valence-corrected chi connectivity index (χ1v) is 6.96. The molecular formula is C12H20N2O3S. The van der Waals surface area contributed by atoms with Crippen LogP contribution in [-0.4, -0.2) is 46.7 Å². The van der Waals surface area contributed by atoms with Crippen molar-refractivity contribution in [1.82, 2.24) is 10.2 Å². The molecule has 5 nitrogen and oxygen atoms in total. The van der Waals surface area contributed by atoms with Crippen LogP contribution in [0.1, 0.15) is 20.8 Å². The Morgan fingerprint density at radius 1 is 1.56 bits per heavy atom. The highest BCUT2D eigenvalue weighted by Gasteiger charge is 2.36. The quantitative estimate of drug-likeness (QED) is 0.793. The van der Waals surface area contributed by atoms with Gasteiger partial charge in [0.1, 0.15) is 11.6 Å². The van der Waals surface area contributed by atoms with Gasteiger partial charge in [0.15, 0.2) is 0 Å². The molecule has 1 aliphatic heterocycles. The molecule has 0 aromatic heterocycles. The second kappa shape index (κ2) is 6.13. The molecule has 1 atom stereocenters.